The highest BCUT2D eigenvalue weighted by Crippen LogP contribution is 2.41. The van der Waals surface area contributed by atoms with E-state index in [1.807, 2.05) is 72.1 Å². The zero-order valence-corrected chi connectivity index (χ0v) is 31.2. The van der Waals surface area contributed by atoms with Gasteiger partial charge >= 0.3 is 0 Å². The van der Waals surface area contributed by atoms with Gasteiger partial charge < -0.3 is 14.5 Å². The van der Waals surface area contributed by atoms with Crippen LogP contribution < -0.4 is 10.1 Å². The van der Waals surface area contributed by atoms with Crippen LogP contribution in [-0.4, -0.2) is 59.8 Å². The molecule has 274 valence electrons. The Bertz CT molecular complexity index is 1670. The SMILES string of the molecule is O=C1CCC(N2Cc3c(csc3C3CCN(CCCCCCOc4ccccc4)CC3)C2=O)C(=O)N1.c1ccc2c(c1)CCCC2.c1ccccc1. The van der Waals surface area contributed by atoms with Gasteiger partial charge in [-0.1, -0.05) is 91.7 Å². The molecular weight excluding hydrogens is 667 g/mol. The summed E-state index contributed by atoms with van der Waals surface area (Å²) in [4.78, 5) is 42.4. The summed E-state index contributed by atoms with van der Waals surface area (Å²) in [6.45, 7) is 4.62. The molecule has 0 radical (unpaired) electrons. The van der Waals surface area contributed by atoms with E-state index in [2.05, 4.69) is 34.5 Å². The van der Waals surface area contributed by atoms with E-state index < -0.39 is 6.04 Å². The number of hydrogen-bond acceptors (Lipinski definition) is 6. The molecule has 3 amide bonds. The maximum Gasteiger partial charge on any atom is 0.256 e. The Morgan fingerprint density at radius 3 is 1.98 bits per heavy atom. The van der Waals surface area contributed by atoms with E-state index in [-0.39, 0.29) is 17.7 Å². The molecule has 3 aliphatic heterocycles. The fourth-order valence-electron chi connectivity index (χ4n) is 7.69. The Morgan fingerprint density at radius 1 is 0.712 bits per heavy atom. The number of carbonyl (C=O) groups excluding carboxylic acids is 3. The van der Waals surface area contributed by atoms with Crippen molar-refractivity contribution < 1.29 is 19.1 Å². The number of imide groups is 1. The molecule has 4 aliphatic rings. The molecule has 1 atom stereocenters. The van der Waals surface area contributed by atoms with E-state index in [1.165, 1.54) is 49.8 Å². The first kappa shape index (κ1) is 37.5. The Labute approximate surface area is 313 Å². The number of hydrogen-bond donors (Lipinski definition) is 1. The van der Waals surface area contributed by atoms with E-state index >= 15 is 0 Å². The standard InChI is InChI=1S/C28H35N3O4S.C10H12.C6H6/c32-25-11-10-24(27(33)29-25)31-18-22-23(28(31)34)19-36-26(22)20-12-15-30(16-13-20)14-6-1-2-7-17-35-21-8-4-3-5-9-21;1-2-6-10-8-4-3-7-9(10)5-1;1-2-4-6-5-3-1/h3-5,8-9,19-20,24H,1-2,6-7,10-18H2,(H,29,32,33);1-2,5-6H,3-4,7-8H2;1-6H. The normalized spacial score (nSPS) is 18.7. The number of para-hydroxylation sites is 1. The van der Waals surface area contributed by atoms with Crippen LogP contribution in [0.3, 0.4) is 0 Å². The molecule has 1 aromatic heterocycles. The summed E-state index contributed by atoms with van der Waals surface area (Å²) < 4.78 is 5.77. The molecule has 8 rings (SSSR count). The Kier molecular flexibility index (Phi) is 14.1. The van der Waals surface area contributed by atoms with Crippen LogP contribution in [0.25, 0.3) is 0 Å². The highest BCUT2D eigenvalue weighted by molar-refractivity contribution is 7.10. The summed E-state index contributed by atoms with van der Waals surface area (Å²) in [5, 5.41) is 4.36. The van der Waals surface area contributed by atoms with E-state index in [4.69, 9.17) is 4.74 Å². The van der Waals surface area contributed by atoms with Crippen LogP contribution in [0.4, 0.5) is 0 Å². The highest BCUT2D eigenvalue weighted by atomic mass is 32.1. The molecule has 3 aromatic carbocycles. The fourth-order valence-corrected chi connectivity index (χ4v) is 8.92. The summed E-state index contributed by atoms with van der Waals surface area (Å²) in [5.41, 5.74) is 5.03. The lowest BCUT2D eigenvalue weighted by Crippen LogP contribution is -2.52. The molecule has 1 aliphatic carbocycles. The number of unbranched alkanes of at least 4 members (excludes halogenated alkanes) is 3. The van der Waals surface area contributed by atoms with Crippen molar-refractivity contribution in [2.75, 3.05) is 26.2 Å². The monoisotopic (exact) mass is 719 g/mol. The topological polar surface area (TPSA) is 79.0 Å². The van der Waals surface area contributed by atoms with E-state index in [1.54, 1.807) is 27.4 Å². The maximum absolute atomic E-state index is 13.0. The summed E-state index contributed by atoms with van der Waals surface area (Å²) in [5.74, 6) is 0.784. The van der Waals surface area contributed by atoms with Crippen molar-refractivity contribution in [1.29, 1.82) is 0 Å². The van der Waals surface area contributed by atoms with Gasteiger partial charge in [-0.3, -0.25) is 19.7 Å². The average molecular weight is 720 g/mol. The molecule has 0 saturated carbocycles. The van der Waals surface area contributed by atoms with E-state index in [0.29, 0.717) is 25.3 Å². The predicted octanol–water partition coefficient (Wildman–Crippen LogP) is 8.58. The number of likely N-dealkylation sites (tertiary alicyclic amines) is 1. The van der Waals surface area contributed by atoms with Crippen molar-refractivity contribution in [3.05, 3.63) is 124 Å². The molecular formula is C44H53N3O4S. The minimum absolute atomic E-state index is 0.0615. The zero-order valence-electron chi connectivity index (χ0n) is 30.3. The Balaban J connectivity index is 0.000000236. The van der Waals surface area contributed by atoms with Crippen LogP contribution in [0.5, 0.6) is 5.75 Å². The first-order chi connectivity index (χ1) is 25.6. The first-order valence-electron chi connectivity index (χ1n) is 19.3. The fraction of sp³-hybridized carbons (Fsp3) is 0.432. The molecule has 7 nitrogen and oxygen atoms in total. The molecule has 4 heterocycles. The second-order valence-corrected chi connectivity index (χ2v) is 15.1. The van der Waals surface area contributed by atoms with Gasteiger partial charge in [0.2, 0.25) is 11.8 Å². The van der Waals surface area contributed by atoms with Crippen molar-refractivity contribution in [2.24, 2.45) is 0 Å². The van der Waals surface area contributed by atoms with E-state index in [9.17, 15) is 14.4 Å². The molecule has 1 N–H and O–H groups in total. The number of amides is 3. The van der Waals surface area contributed by atoms with E-state index in [0.717, 1.165) is 62.4 Å². The number of nitrogens with zero attached hydrogens (tertiary/aromatic N) is 2. The summed E-state index contributed by atoms with van der Waals surface area (Å²) >= 11 is 1.71. The van der Waals surface area contributed by atoms with Crippen molar-refractivity contribution in [3.8, 4) is 5.75 Å². The zero-order chi connectivity index (χ0) is 36.0. The molecule has 2 saturated heterocycles. The number of piperidine rings is 2. The van der Waals surface area contributed by atoms with Gasteiger partial charge in [0.1, 0.15) is 11.8 Å². The van der Waals surface area contributed by atoms with Gasteiger partial charge in [-0.05, 0) is 112 Å². The molecule has 4 aromatic rings. The Hall–Kier alpha value is -4.27. The quantitative estimate of drug-likeness (QED) is 0.131. The average Bonchev–Trinajstić information content (AvgIpc) is 3.76. The lowest BCUT2D eigenvalue weighted by Gasteiger charge is -2.32. The number of carbonyl (C=O) groups is 3. The molecule has 1 unspecified atom stereocenters. The number of aryl methyl sites for hydroxylation is 2. The number of nitrogens with one attached hydrogen (secondary N) is 1. The van der Waals surface area contributed by atoms with Gasteiger partial charge in [0.25, 0.3) is 5.91 Å². The third-order valence-corrected chi connectivity index (χ3v) is 11.8. The highest BCUT2D eigenvalue weighted by Gasteiger charge is 2.41. The van der Waals surface area contributed by atoms with Gasteiger partial charge in [0, 0.05) is 23.2 Å². The van der Waals surface area contributed by atoms with Gasteiger partial charge in [0.05, 0.1) is 12.2 Å². The number of ether oxygens (including phenoxy) is 1. The lowest BCUT2D eigenvalue weighted by molar-refractivity contribution is -0.136. The molecule has 0 spiro atoms. The van der Waals surface area contributed by atoms with Crippen molar-refractivity contribution >= 4 is 29.1 Å². The molecule has 2 fully saturated rings. The maximum atomic E-state index is 13.0. The van der Waals surface area contributed by atoms with Crippen molar-refractivity contribution in [1.82, 2.24) is 15.1 Å². The van der Waals surface area contributed by atoms with Crippen molar-refractivity contribution in [2.45, 2.75) is 95.6 Å². The number of fused-ring (bicyclic) bond motifs is 2. The van der Waals surface area contributed by atoms with Gasteiger partial charge in [-0.25, -0.2) is 0 Å². The summed E-state index contributed by atoms with van der Waals surface area (Å²) in [6.07, 6.45) is 13.1. The number of thiophene rings is 1. The van der Waals surface area contributed by atoms with Crippen molar-refractivity contribution in [3.63, 3.8) is 0 Å². The minimum atomic E-state index is -0.535. The largest absolute Gasteiger partial charge is 0.494 e. The van der Waals surface area contributed by atoms with Gasteiger partial charge in [-0.15, -0.1) is 11.3 Å². The second kappa shape index (κ2) is 19.5. The van der Waals surface area contributed by atoms with Crippen LogP contribution >= 0.6 is 11.3 Å². The second-order valence-electron chi connectivity index (χ2n) is 14.2. The molecule has 52 heavy (non-hydrogen) atoms. The smallest absolute Gasteiger partial charge is 0.256 e. The van der Waals surface area contributed by atoms with Crippen LogP contribution in [0.15, 0.2) is 96.4 Å². The minimum Gasteiger partial charge on any atom is -0.494 e. The molecule has 8 heteroatoms. The molecule has 0 bridgehead atoms. The van der Waals surface area contributed by atoms with Crippen LogP contribution in [0.2, 0.25) is 0 Å². The summed E-state index contributed by atoms with van der Waals surface area (Å²) in [6, 6.07) is 30.3. The van der Waals surface area contributed by atoms with Gasteiger partial charge in [-0.2, -0.15) is 0 Å². The third-order valence-electron chi connectivity index (χ3n) is 10.6. The summed E-state index contributed by atoms with van der Waals surface area (Å²) in [7, 11) is 0. The number of benzene rings is 3. The first-order valence-corrected chi connectivity index (χ1v) is 20.2. The Morgan fingerprint density at radius 2 is 1.33 bits per heavy atom. The van der Waals surface area contributed by atoms with Crippen LogP contribution in [0.1, 0.15) is 102 Å². The predicted molar refractivity (Wildman–Crippen MR) is 209 cm³/mol. The van der Waals surface area contributed by atoms with Gasteiger partial charge in [0.15, 0.2) is 0 Å². The van der Waals surface area contributed by atoms with Crippen LogP contribution in [-0.2, 0) is 29.0 Å². The van der Waals surface area contributed by atoms with Crippen LogP contribution in [0, 0.1) is 0 Å². The lowest BCUT2D eigenvalue weighted by atomic mass is 9.92. The number of rotatable bonds is 10. The third kappa shape index (κ3) is 10.4.